The van der Waals surface area contributed by atoms with Gasteiger partial charge in [0.1, 0.15) is 23.1 Å². The van der Waals surface area contributed by atoms with Gasteiger partial charge in [-0.15, -0.1) is 0 Å². The number of aryl methyl sites for hydroxylation is 1. The predicted molar refractivity (Wildman–Crippen MR) is 92.4 cm³/mol. The Morgan fingerprint density at radius 1 is 1.12 bits per heavy atom. The number of hydrogen-bond acceptors (Lipinski definition) is 6. The number of hydrogen-bond donors (Lipinski definition) is 4. The van der Waals surface area contributed by atoms with Crippen molar-refractivity contribution in [3.8, 4) is 11.5 Å². The number of carbonyl (C=O) groups excluding carboxylic acids is 2. The van der Waals surface area contributed by atoms with Crippen molar-refractivity contribution >= 4 is 29.2 Å². The zero-order chi connectivity index (χ0) is 19.0. The fraction of sp³-hybridized carbons (Fsp3) is 0.167. The van der Waals surface area contributed by atoms with Gasteiger partial charge in [-0.1, -0.05) is 6.07 Å². The number of nitrogens with zero attached hydrogens (tertiary/aromatic N) is 1. The van der Waals surface area contributed by atoms with E-state index in [4.69, 9.17) is 5.11 Å². The zero-order valence-electron chi connectivity index (χ0n) is 13.8. The number of carboxylic acids is 1. The molecular weight excluding hydrogens is 340 g/mol. The van der Waals surface area contributed by atoms with Crippen LogP contribution in [-0.2, 0) is 9.59 Å². The maximum atomic E-state index is 12.6. The molecule has 0 aromatic heterocycles. The highest BCUT2D eigenvalue weighted by Crippen LogP contribution is 2.31. The first-order chi connectivity index (χ1) is 12.3. The third kappa shape index (κ3) is 3.04. The molecule has 1 unspecified atom stereocenters. The number of carbonyl (C=O) groups is 3. The van der Waals surface area contributed by atoms with Crippen molar-refractivity contribution in [2.45, 2.75) is 19.4 Å². The van der Waals surface area contributed by atoms with Crippen LogP contribution in [0.25, 0.3) is 0 Å². The summed E-state index contributed by atoms with van der Waals surface area (Å²) in [7, 11) is 0. The van der Waals surface area contributed by atoms with Crippen molar-refractivity contribution in [3.05, 3.63) is 47.5 Å². The molecule has 0 radical (unpaired) electrons. The fourth-order valence-corrected chi connectivity index (χ4v) is 2.80. The molecule has 1 aliphatic heterocycles. The van der Waals surface area contributed by atoms with Crippen molar-refractivity contribution in [1.29, 1.82) is 0 Å². The topological polar surface area (TPSA) is 127 Å². The van der Waals surface area contributed by atoms with E-state index < -0.39 is 35.1 Å². The van der Waals surface area contributed by atoms with E-state index in [0.29, 0.717) is 5.69 Å². The summed E-state index contributed by atoms with van der Waals surface area (Å²) in [6.45, 7) is 1.82. The lowest BCUT2D eigenvalue weighted by atomic mass is 10.1. The number of carboxylic acid groups (broad SMARTS) is 1. The maximum Gasteiger partial charge on any atom is 0.339 e. The third-order valence-corrected chi connectivity index (χ3v) is 4.10. The van der Waals surface area contributed by atoms with Gasteiger partial charge in [-0.2, -0.15) is 0 Å². The Morgan fingerprint density at radius 2 is 1.81 bits per heavy atom. The maximum absolute atomic E-state index is 12.6. The van der Waals surface area contributed by atoms with Crippen LogP contribution in [0.2, 0.25) is 0 Å². The van der Waals surface area contributed by atoms with E-state index in [0.717, 1.165) is 22.6 Å². The number of anilines is 2. The van der Waals surface area contributed by atoms with Crippen molar-refractivity contribution in [1.82, 2.24) is 0 Å². The number of rotatable bonds is 4. The molecule has 1 saturated heterocycles. The molecule has 1 fully saturated rings. The Balaban J connectivity index is 1.89. The monoisotopic (exact) mass is 356 g/mol. The van der Waals surface area contributed by atoms with Gasteiger partial charge in [0.25, 0.3) is 5.91 Å². The van der Waals surface area contributed by atoms with Gasteiger partial charge >= 0.3 is 5.97 Å². The predicted octanol–water partition coefficient (Wildman–Crippen LogP) is 1.85. The fourth-order valence-electron chi connectivity index (χ4n) is 2.80. The Labute approximate surface area is 148 Å². The van der Waals surface area contributed by atoms with Gasteiger partial charge < -0.3 is 20.6 Å². The van der Waals surface area contributed by atoms with Gasteiger partial charge in [0.15, 0.2) is 0 Å². The molecule has 8 heteroatoms. The lowest BCUT2D eigenvalue weighted by Gasteiger charge is -2.17. The van der Waals surface area contributed by atoms with Crippen molar-refractivity contribution < 1.29 is 29.7 Å². The van der Waals surface area contributed by atoms with Crippen LogP contribution in [0.15, 0.2) is 36.4 Å². The first-order valence-corrected chi connectivity index (χ1v) is 7.77. The molecular formula is C18H16N2O6. The van der Waals surface area contributed by atoms with E-state index in [1.165, 1.54) is 12.1 Å². The second kappa shape index (κ2) is 6.40. The van der Waals surface area contributed by atoms with Crippen molar-refractivity contribution in [2.24, 2.45) is 0 Å². The summed E-state index contributed by atoms with van der Waals surface area (Å²) in [6.07, 6.45) is -0.143. The Hall–Kier alpha value is -3.55. The minimum atomic E-state index is -1.37. The third-order valence-electron chi connectivity index (χ3n) is 4.10. The standard InChI is InChI=1S/C18H16N2O6/c1-9-2-4-15(22)12(6-9)19-13-8-16(23)20(17(13)24)10-3-5-14(21)11(7-10)18(25)26/h2-7,13,19,21-22H,8H2,1H3,(H,25,26). The number of benzene rings is 2. The normalized spacial score (nSPS) is 16.8. The molecule has 26 heavy (non-hydrogen) atoms. The van der Waals surface area contributed by atoms with Crippen LogP contribution >= 0.6 is 0 Å². The molecule has 0 saturated carbocycles. The summed E-state index contributed by atoms with van der Waals surface area (Å²) in [4.78, 5) is 36.9. The SMILES string of the molecule is Cc1ccc(O)c(NC2CC(=O)N(c3ccc(O)c(C(=O)O)c3)C2=O)c1. The van der Waals surface area contributed by atoms with Gasteiger partial charge in [0.2, 0.25) is 5.91 Å². The van der Waals surface area contributed by atoms with Gasteiger partial charge in [-0.3, -0.25) is 9.59 Å². The van der Waals surface area contributed by atoms with Gasteiger partial charge in [-0.05, 0) is 42.8 Å². The van der Waals surface area contributed by atoms with Crippen LogP contribution < -0.4 is 10.2 Å². The molecule has 1 heterocycles. The minimum absolute atomic E-state index is 0.0490. The molecule has 3 rings (SSSR count). The summed E-state index contributed by atoms with van der Waals surface area (Å²) in [5.41, 5.74) is 0.849. The van der Waals surface area contributed by atoms with Crippen molar-refractivity contribution in [3.63, 3.8) is 0 Å². The summed E-state index contributed by atoms with van der Waals surface area (Å²) in [5, 5.41) is 31.4. The van der Waals surface area contributed by atoms with E-state index in [1.54, 1.807) is 12.1 Å². The van der Waals surface area contributed by atoms with E-state index in [9.17, 15) is 24.6 Å². The van der Waals surface area contributed by atoms with E-state index in [2.05, 4.69) is 5.32 Å². The molecule has 1 atom stereocenters. The van der Waals surface area contributed by atoms with Crippen LogP contribution in [0, 0.1) is 6.92 Å². The van der Waals surface area contributed by atoms with Crippen molar-refractivity contribution in [2.75, 3.05) is 10.2 Å². The summed E-state index contributed by atoms with van der Waals surface area (Å²) >= 11 is 0. The minimum Gasteiger partial charge on any atom is -0.507 e. The molecule has 2 amide bonds. The highest BCUT2D eigenvalue weighted by Gasteiger charge is 2.40. The van der Waals surface area contributed by atoms with Crippen LogP contribution in [0.1, 0.15) is 22.3 Å². The molecule has 0 aliphatic carbocycles. The molecule has 4 N–H and O–H groups in total. The molecule has 2 aromatic carbocycles. The zero-order valence-corrected chi connectivity index (χ0v) is 13.8. The highest BCUT2D eigenvalue weighted by molar-refractivity contribution is 6.23. The number of nitrogens with one attached hydrogen (secondary N) is 1. The molecule has 8 nitrogen and oxygen atoms in total. The first-order valence-electron chi connectivity index (χ1n) is 7.77. The van der Waals surface area contributed by atoms with Crippen LogP contribution in [-0.4, -0.2) is 39.1 Å². The summed E-state index contributed by atoms with van der Waals surface area (Å²) in [5.74, 6) is -2.96. The highest BCUT2D eigenvalue weighted by atomic mass is 16.4. The number of imide groups is 1. The smallest absolute Gasteiger partial charge is 0.339 e. The molecule has 1 aliphatic rings. The van der Waals surface area contributed by atoms with Gasteiger partial charge in [0.05, 0.1) is 17.8 Å². The first kappa shape index (κ1) is 17.3. The lowest BCUT2D eigenvalue weighted by Crippen LogP contribution is -2.34. The van der Waals surface area contributed by atoms with E-state index >= 15 is 0 Å². The quantitative estimate of drug-likeness (QED) is 0.486. The van der Waals surface area contributed by atoms with Gasteiger partial charge in [0, 0.05) is 0 Å². The Kier molecular flexibility index (Phi) is 4.25. The second-order valence-electron chi connectivity index (χ2n) is 6.00. The molecule has 0 spiro atoms. The molecule has 0 bridgehead atoms. The van der Waals surface area contributed by atoms with Gasteiger partial charge in [-0.25, -0.2) is 9.69 Å². The largest absolute Gasteiger partial charge is 0.507 e. The van der Waals surface area contributed by atoms with Crippen LogP contribution in [0.5, 0.6) is 11.5 Å². The van der Waals surface area contributed by atoms with Crippen LogP contribution in [0.3, 0.4) is 0 Å². The summed E-state index contributed by atoms with van der Waals surface area (Å²) < 4.78 is 0. The van der Waals surface area contributed by atoms with E-state index in [1.807, 2.05) is 6.92 Å². The Morgan fingerprint density at radius 3 is 2.50 bits per heavy atom. The molecule has 2 aromatic rings. The number of phenolic OH excluding ortho intramolecular Hbond substituents is 1. The Bertz CT molecular complexity index is 924. The van der Waals surface area contributed by atoms with E-state index in [-0.39, 0.29) is 17.9 Å². The second-order valence-corrected chi connectivity index (χ2v) is 6.00. The number of aromatic carboxylic acids is 1. The molecule has 134 valence electrons. The number of phenols is 2. The average Bonchev–Trinajstić information content (AvgIpc) is 2.85. The lowest BCUT2D eigenvalue weighted by molar-refractivity contribution is -0.121. The van der Waals surface area contributed by atoms with Crippen LogP contribution in [0.4, 0.5) is 11.4 Å². The number of aromatic hydroxyl groups is 2. The summed E-state index contributed by atoms with van der Waals surface area (Å²) in [6, 6.07) is 7.43. The number of amides is 2. The average molecular weight is 356 g/mol.